The fourth-order valence-corrected chi connectivity index (χ4v) is 1.77. The molecule has 0 aromatic carbocycles. The summed E-state index contributed by atoms with van der Waals surface area (Å²) in [6.45, 7) is 1.86. The van der Waals surface area contributed by atoms with Gasteiger partial charge in [0.05, 0.1) is 0 Å². The molecule has 0 aliphatic carbocycles. The van der Waals surface area contributed by atoms with Crippen LogP contribution in [-0.4, -0.2) is 26.2 Å². The number of aromatic nitrogens is 4. The van der Waals surface area contributed by atoms with Gasteiger partial charge in [-0.1, -0.05) is 24.0 Å². The maximum Gasteiger partial charge on any atom is 0.167 e. The molecule has 68 valence electrons. The molecular formula is C7H8N4S2. The van der Waals surface area contributed by atoms with E-state index in [9.17, 15) is 0 Å². The van der Waals surface area contributed by atoms with E-state index in [0.29, 0.717) is 4.64 Å². The molecular weight excluding hydrogens is 204 g/mol. The molecule has 6 heteroatoms. The molecule has 0 aliphatic rings. The maximum atomic E-state index is 5.09. The van der Waals surface area contributed by atoms with Crippen LogP contribution in [-0.2, 0) is 0 Å². The predicted octanol–water partition coefficient (Wildman–Crippen LogP) is 2.05. The molecule has 2 heterocycles. The Morgan fingerprint density at radius 1 is 1.31 bits per heavy atom. The van der Waals surface area contributed by atoms with Gasteiger partial charge in [-0.2, -0.15) is 0 Å². The van der Waals surface area contributed by atoms with E-state index in [1.54, 1.807) is 11.8 Å². The molecule has 2 aromatic rings. The molecule has 0 saturated carbocycles. The van der Waals surface area contributed by atoms with Crippen LogP contribution in [0.25, 0.3) is 11.2 Å². The number of rotatable bonds is 1. The predicted molar refractivity (Wildman–Crippen MR) is 55.6 cm³/mol. The third-order valence-electron chi connectivity index (χ3n) is 1.66. The number of nitrogens with zero attached hydrogens (tertiary/aromatic N) is 2. The first-order valence-corrected chi connectivity index (χ1v) is 5.34. The van der Waals surface area contributed by atoms with E-state index < -0.39 is 0 Å². The molecule has 0 bridgehead atoms. The molecule has 13 heavy (non-hydrogen) atoms. The second-order valence-electron chi connectivity index (χ2n) is 2.60. The Morgan fingerprint density at radius 3 is 2.77 bits per heavy atom. The summed E-state index contributed by atoms with van der Waals surface area (Å²) in [4.78, 5) is 14.6. The Hall–Kier alpha value is -0.880. The lowest BCUT2D eigenvalue weighted by Gasteiger charge is -1.91. The number of H-pyrrole nitrogens is 2. The van der Waals surface area contributed by atoms with Crippen molar-refractivity contribution in [1.82, 2.24) is 19.9 Å². The lowest BCUT2D eigenvalue weighted by Crippen LogP contribution is -1.88. The SMILES string of the molecule is CSc1nc2[nH]c(C)nc(=S)c2[nH]1. The topological polar surface area (TPSA) is 57.4 Å². The minimum Gasteiger partial charge on any atom is -0.329 e. The van der Waals surface area contributed by atoms with Gasteiger partial charge in [-0.3, -0.25) is 0 Å². The average Bonchev–Trinajstić information content (AvgIpc) is 2.47. The number of aryl methyl sites for hydroxylation is 1. The van der Waals surface area contributed by atoms with Crippen molar-refractivity contribution in [2.24, 2.45) is 0 Å². The van der Waals surface area contributed by atoms with Crippen molar-refractivity contribution in [2.75, 3.05) is 6.26 Å². The average molecular weight is 212 g/mol. The van der Waals surface area contributed by atoms with Crippen LogP contribution in [0.15, 0.2) is 5.16 Å². The molecule has 0 fully saturated rings. The molecule has 2 rings (SSSR count). The van der Waals surface area contributed by atoms with Crippen LogP contribution < -0.4 is 0 Å². The van der Waals surface area contributed by atoms with Gasteiger partial charge in [0, 0.05) is 0 Å². The maximum absolute atomic E-state index is 5.09. The fraction of sp³-hybridized carbons (Fsp3) is 0.286. The lowest BCUT2D eigenvalue weighted by atomic mass is 10.5. The zero-order valence-corrected chi connectivity index (χ0v) is 8.84. The summed E-state index contributed by atoms with van der Waals surface area (Å²) in [5.74, 6) is 0.789. The monoisotopic (exact) mass is 212 g/mol. The Balaban J connectivity index is 2.83. The van der Waals surface area contributed by atoms with Crippen LogP contribution in [0.2, 0.25) is 0 Å². The molecule has 0 aliphatic heterocycles. The third-order valence-corrected chi connectivity index (χ3v) is 2.53. The number of nitrogens with one attached hydrogen (secondary N) is 2. The van der Waals surface area contributed by atoms with Gasteiger partial charge >= 0.3 is 0 Å². The van der Waals surface area contributed by atoms with Crippen molar-refractivity contribution in [1.29, 1.82) is 0 Å². The lowest BCUT2D eigenvalue weighted by molar-refractivity contribution is 1.06. The van der Waals surface area contributed by atoms with Crippen LogP contribution in [0.3, 0.4) is 0 Å². The summed E-state index contributed by atoms with van der Waals surface area (Å²) in [5.41, 5.74) is 1.59. The molecule has 0 unspecified atom stereocenters. The number of aromatic amines is 2. The Bertz CT molecular complexity index is 499. The summed E-state index contributed by atoms with van der Waals surface area (Å²) >= 11 is 6.64. The van der Waals surface area contributed by atoms with Crippen molar-refractivity contribution >= 4 is 35.1 Å². The minimum absolute atomic E-state index is 0.569. The van der Waals surface area contributed by atoms with E-state index >= 15 is 0 Å². The van der Waals surface area contributed by atoms with E-state index in [2.05, 4.69) is 19.9 Å². The molecule has 0 radical (unpaired) electrons. The van der Waals surface area contributed by atoms with E-state index in [1.807, 2.05) is 13.2 Å². The first-order valence-electron chi connectivity index (χ1n) is 3.71. The largest absolute Gasteiger partial charge is 0.329 e. The van der Waals surface area contributed by atoms with Crippen LogP contribution in [0.1, 0.15) is 5.82 Å². The summed E-state index contributed by atoms with van der Waals surface area (Å²) < 4.78 is 0.569. The van der Waals surface area contributed by atoms with E-state index in [0.717, 1.165) is 22.1 Å². The number of hydrogen-bond donors (Lipinski definition) is 2. The zero-order valence-electron chi connectivity index (χ0n) is 7.21. The number of fused-ring (bicyclic) bond motifs is 1. The fourth-order valence-electron chi connectivity index (χ4n) is 1.10. The van der Waals surface area contributed by atoms with Crippen molar-refractivity contribution in [3.8, 4) is 0 Å². The summed E-state index contributed by atoms with van der Waals surface area (Å²) in [6.07, 6.45) is 1.96. The zero-order chi connectivity index (χ0) is 9.42. The van der Waals surface area contributed by atoms with Crippen molar-refractivity contribution < 1.29 is 0 Å². The van der Waals surface area contributed by atoms with E-state index in [-0.39, 0.29) is 0 Å². The van der Waals surface area contributed by atoms with E-state index in [4.69, 9.17) is 12.2 Å². The Morgan fingerprint density at radius 2 is 2.08 bits per heavy atom. The molecule has 0 saturated heterocycles. The Kier molecular flexibility index (Phi) is 2.09. The number of thioether (sulfide) groups is 1. The molecule has 0 atom stereocenters. The molecule has 2 aromatic heterocycles. The highest BCUT2D eigenvalue weighted by atomic mass is 32.2. The second kappa shape index (κ2) is 3.12. The van der Waals surface area contributed by atoms with Gasteiger partial charge in [0.2, 0.25) is 0 Å². The third kappa shape index (κ3) is 1.47. The van der Waals surface area contributed by atoms with Crippen molar-refractivity contribution in [3.05, 3.63) is 10.5 Å². The van der Waals surface area contributed by atoms with Gasteiger partial charge in [-0.05, 0) is 13.2 Å². The van der Waals surface area contributed by atoms with Crippen molar-refractivity contribution in [3.63, 3.8) is 0 Å². The van der Waals surface area contributed by atoms with Crippen LogP contribution >= 0.6 is 24.0 Å². The van der Waals surface area contributed by atoms with E-state index in [1.165, 1.54) is 0 Å². The summed E-state index contributed by atoms with van der Waals surface area (Å²) in [7, 11) is 0. The van der Waals surface area contributed by atoms with Crippen LogP contribution in [0.4, 0.5) is 0 Å². The normalized spacial score (nSPS) is 10.9. The summed E-state index contributed by atoms with van der Waals surface area (Å²) in [5, 5.41) is 0.852. The number of imidazole rings is 1. The molecule has 0 spiro atoms. The standard InChI is InChI=1S/C7H8N4S2/c1-3-8-5-4(6(12)9-3)10-7(11-5)13-2/h1-2H3,(H2,8,9,10,11,12). The van der Waals surface area contributed by atoms with Crippen LogP contribution in [0, 0.1) is 11.6 Å². The van der Waals surface area contributed by atoms with Gasteiger partial charge in [-0.25, -0.2) is 9.97 Å². The first-order chi connectivity index (χ1) is 6.20. The van der Waals surface area contributed by atoms with Gasteiger partial charge in [0.1, 0.15) is 11.3 Å². The number of hydrogen-bond acceptors (Lipinski definition) is 4. The second-order valence-corrected chi connectivity index (χ2v) is 3.78. The quantitative estimate of drug-likeness (QED) is 0.561. The summed E-state index contributed by atoms with van der Waals surface area (Å²) in [6, 6.07) is 0. The highest BCUT2D eigenvalue weighted by molar-refractivity contribution is 7.98. The highest BCUT2D eigenvalue weighted by Crippen LogP contribution is 2.15. The highest BCUT2D eigenvalue weighted by Gasteiger charge is 2.04. The molecule has 4 nitrogen and oxygen atoms in total. The smallest absolute Gasteiger partial charge is 0.167 e. The van der Waals surface area contributed by atoms with Gasteiger partial charge in [0.15, 0.2) is 15.4 Å². The first kappa shape index (κ1) is 8.71. The minimum atomic E-state index is 0.569. The van der Waals surface area contributed by atoms with Crippen molar-refractivity contribution in [2.45, 2.75) is 12.1 Å². The van der Waals surface area contributed by atoms with Gasteiger partial charge in [0.25, 0.3) is 0 Å². The van der Waals surface area contributed by atoms with Crippen LogP contribution in [0.5, 0.6) is 0 Å². The van der Waals surface area contributed by atoms with Gasteiger partial charge in [-0.15, -0.1) is 0 Å². The van der Waals surface area contributed by atoms with Gasteiger partial charge < -0.3 is 9.97 Å². The molecule has 0 amide bonds. The Labute approximate surface area is 84.2 Å². The molecule has 2 N–H and O–H groups in total.